The van der Waals surface area contributed by atoms with Crippen molar-refractivity contribution >= 4 is 28.5 Å². The fraction of sp³-hybridized carbons (Fsp3) is 0.350. The lowest BCUT2D eigenvalue weighted by Gasteiger charge is -2.49. The molecule has 30 heavy (non-hydrogen) atoms. The first-order valence-corrected chi connectivity index (χ1v) is 10.2. The topological polar surface area (TPSA) is 89.6 Å². The number of aromatic nitrogens is 1. The van der Waals surface area contributed by atoms with Gasteiger partial charge in [0.25, 0.3) is 5.91 Å². The third-order valence-corrected chi connectivity index (χ3v) is 6.30. The van der Waals surface area contributed by atoms with Gasteiger partial charge in [0.15, 0.2) is 10.8 Å². The molecule has 2 aromatic rings. The van der Waals surface area contributed by atoms with Crippen LogP contribution >= 0.6 is 11.8 Å². The Bertz CT molecular complexity index is 1020. The number of carbonyl (C=O) groups excluding carboxylic acids is 1. The highest BCUT2D eigenvalue weighted by Gasteiger charge is 2.60. The molecule has 0 spiro atoms. The van der Waals surface area contributed by atoms with E-state index in [0.29, 0.717) is 0 Å². The highest BCUT2D eigenvalue weighted by molar-refractivity contribution is 8.13. The molecule has 0 bridgehead atoms. The van der Waals surface area contributed by atoms with Crippen LogP contribution < -0.4 is 11.1 Å². The van der Waals surface area contributed by atoms with Crippen LogP contribution in [0.15, 0.2) is 41.5 Å². The Balaban J connectivity index is 1.72. The van der Waals surface area contributed by atoms with Gasteiger partial charge in [0, 0.05) is 23.4 Å². The summed E-state index contributed by atoms with van der Waals surface area (Å²) in [6.45, 7) is 1.57. The van der Waals surface area contributed by atoms with Crippen molar-refractivity contribution in [1.82, 2.24) is 4.98 Å². The van der Waals surface area contributed by atoms with Crippen LogP contribution in [0.25, 0.3) is 0 Å². The number of benzene rings is 1. The molecule has 0 radical (unpaired) electrons. The Morgan fingerprint density at radius 3 is 2.87 bits per heavy atom. The quantitative estimate of drug-likeness (QED) is 0.770. The van der Waals surface area contributed by atoms with E-state index in [-0.39, 0.29) is 47.0 Å². The van der Waals surface area contributed by atoms with Crippen molar-refractivity contribution < 1.29 is 22.7 Å². The van der Waals surface area contributed by atoms with Gasteiger partial charge >= 0.3 is 0 Å². The number of fused-ring (bicyclic) bond motifs is 1. The van der Waals surface area contributed by atoms with Crippen LogP contribution in [0.2, 0.25) is 0 Å². The van der Waals surface area contributed by atoms with Crippen LogP contribution in [0.3, 0.4) is 0 Å². The Morgan fingerprint density at radius 1 is 1.33 bits per heavy atom. The van der Waals surface area contributed by atoms with Crippen LogP contribution in [0.4, 0.5) is 18.9 Å². The van der Waals surface area contributed by atoms with Crippen molar-refractivity contribution in [3.05, 3.63) is 59.4 Å². The molecule has 1 fully saturated rings. The second-order valence-electron chi connectivity index (χ2n) is 7.40. The smallest absolute Gasteiger partial charge is 0.274 e. The van der Waals surface area contributed by atoms with Crippen LogP contribution in [-0.2, 0) is 10.3 Å². The maximum Gasteiger partial charge on any atom is 0.274 e. The van der Waals surface area contributed by atoms with Crippen molar-refractivity contribution in [2.24, 2.45) is 10.7 Å². The predicted molar refractivity (Wildman–Crippen MR) is 108 cm³/mol. The fourth-order valence-electron chi connectivity index (χ4n) is 3.80. The van der Waals surface area contributed by atoms with E-state index in [0.717, 1.165) is 30.1 Å². The monoisotopic (exact) mass is 436 g/mol. The molecule has 158 valence electrons. The maximum atomic E-state index is 16.1. The Morgan fingerprint density at radius 2 is 2.13 bits per heavy atom. The van der Waals surface area contributed by atoms with E-state index in [4.69, 9.17) is 10.5 Å². The van der Waals surface area contributed by atoms with E-state index in [1.54, 1.807) is 6.92 Å². The van der Waals surface area contributed by atoms with Crippen molar-refractivity contribution in [3.8, 4) is 0 Å². The molecule has 10 heteroatoms. The van der Waals surface area contributed by atoms with Crippen LogP contribution in [0.5, 0.6) is 0 Å². The summed E-state index contributed by atoms with van der Waals surface area (Å²) < 4.78 is 49.7. The molecule has 3 atom stereocenters. The molecular formula is C20H19F3N4O2S. The molecule has 3 N–H and O–H groups in total. The highest BCUT2D eigenvalue weighted by Crippen LogP contribution is 2.51. The number of nitrogens with zero attached hydrogens (tertiary/aromatic N) is 2. The standard InChI is InChI=1S/C20H19F3N4O2S/c1-11-7-19(23)10-30-18(24)27-20(19,9-29-11)14-6-13(3-4-15(14)22)26-17(28)16-5-2-12(21)8-25-16/h2-6,8,11H,7,9-10H2,1H3,(H2,24,27)(H,26,28)/t11-,19+,20+/m0/s1. The zero-order valence-corrected chi connectivity index (χ0v) is 16.8. The number of thioether (sulfide) groups is 1. The molecule has 3 heterocycles. The largest absolute Gasteiger partial charge is 0.379 e. The van der Waals surface area contributed by atoms with Gasteiger partial charge in [-0.3, -0.25) is 4.79 Å². The third-order valence-electron chi connectivity index (χ3n) is 5.31. The Hall–Kier alpha value is -2.59. The summed E-state index contributed by atoms with van der Waals surface area (Å²) in [4.78, 5) is 20.4. The van der Waals surface area contributed by atoms with Gasteiger partial charge in [0.05, 0.1) is 18.9 Å². The fourth-order valence-corrected chi connectivity index (χ4v) is 4.75. The van der Waals surface area contributed by atoms with Crippen molar-refractivity contribution in [3.63, 3.8) is 0 Å². The lowest BCUT2D eigenvalue weighted by molar-refractivity contribution is -0.107. The molecule has 1 aromatic heterocycles. The number of nitrogens with one attached hydrogen (secondary N) is 1. The lowest BCUT2D eigenvalue weighted by Crippen LogP contribution is -2.60. The number of ether oxygens (including phenoxy) is 1. The molecular weight excluding hydrogens is 417 g/mol. The zero-order valence-electron chi connectivity index (χ0n) is 16.0. The van der Waals surface area contributed by atoms with E-state index in [1.165, 1.54) is 18.2 Å². The first-order chi connectivity index (χ1) is 14.2. The number of carbonyl (C=O) groups is 1. The minimum Gasteiger partial charge on any atom is -0.379 e. The molecule has 0 aliphatic carbocycles. The average Bonchev–Trinajstić information content (AvgIpc) is 2.70. The Kier molecular flexibility index (Phi) is 5.23. The molecule has 2 aliphatic heterocycles. The average molecular weight is 436 g/mol. The number of aliphatic imine (C=N–C) groups is 1. The van der Waals surface area contributed by atoms with Gasteiger partial charge in [-0.25, -0.2) is 23.1 Å². The molecule has 6 nitrogen and oxygen atoms in total. The summed E-state index contributed by atoms with van der Waals surface area (Å²) in [5.74, 6) is -1.86. The summed E-state index contributed by atoms with van der Waals surface area (Å²) in [7, 11) is 0. The SMILES string of the molecule is C[C@H]1C[C@@]2(F)CSC(N)=N[C@@]2(c2cc(NC(=O)c3ccc(F)cn3)ccc2F)CO1. The lowest BCUT2D eigenvalue weighted by atomic mass is 9.72. The molecule has 1 saturated heterocycles. The van der Waals surface area contributed by atoms with Crippen molar-refractivity contribution in [2.75, 3.05) is 17.7 Å². The Labute approximate surface area is 175 Å². The summed E-state index contributed by atoms with van der Waals surface area (Å²) >= 11 is 1.08. The predicted octanol–water partition coefficient (Wildman–Crippen LogP) is 3.39. The van der Waals surface area contributed by atoms with Gasteiger partial charge in [-0.15, -0.1) is 0 Å². The number of pyridine rings is 1. The van der Waals surface area contributed by atoms with Gasteiger partial charge < -0.3 is 15.8 Å². The third kappa shape index (κ3) is 3.54. The van der Waals surface area contributed by atoms with E-state index >= 15 is 4.39 Å². The number of halogens is 3. The van der Waals surface area contributed by atoms with Crippen LogP contribution in [-0.4, -0.2) is 40.2 Å². The number of amidine groups is 1. The number of rotatable bonds is 3. The first-order valence-electron chi connectivity index (χ1n) is 9.24. The van der Waals surface area contributed by atoms with Crippen LogP contribution in [0.1, 0.15) is 29.4 Å². The second-order valence-corrected chi connectivity index (χ2v) is 8.40. The number of alkyl halides is 1. The van der Waals surface area contributed by atoms with Crippen LogP contribution in [0, 0.1) is 11.6 Å². The minimum absolute atomic E-state index is 0.0194. The van der Waals surface area contributed by atoms with Gasteiger partial charge in [-0.05, 0) is 37.3 Å². The molecule has 4 rings (SSSR count). The van der Waals surface area contributed by atoms with Crippen molar-refractivity contribution in [2.45, 2.75) is 30.7 Å². The van der Waals surface area contributed by atoms with E-state index in [9.17, 15) is 13.6 Å². The number of anilines is 1. The van der Waals surface area contributed by atoms with E-state index in [2.05, 4.69) is 15.3 Å². The number of nitrogens with two attached hydrogens (primary N) is 1. The van der Waals surface area contributed by atoms with Gasteiger partial charge in [-0.1, -0.05) is 11.8 Å². The maximum absolute atomic E-state index is 16.1. The normalized spacial score (nSPS) is 28.4. The van der Waals surface area contributed by atoms with Gasteiger partial charge in [0.2, 0.25) is 0 Å². The van der Waals surface area contributed by atoms with Crippen molar-refractivity contribution in [1.29, 1.82) is 0 Å². The zero-order chi connectivity index (χ0) is 21.5. The summed E-state index contributed by atoms with van der Waals surface area (Å²) in [6, 6.07) is 6.13. The molecule has 1 aromatic carbocycles. The van der Waals surface area contributed by atoms with Gasteiger partial charge in [0.1, 0.15) is 22.9 Å². The summed E-state index contributed by atoms with van der Waals surface area (Å²) in [5, 5.41) is 2.71. The minimum atomic E-state index is -1.87. The number of amides is 1. The molecule has 0 unspecified atom stereocenters. The second kappa shape index (κ2) is 7.59. The van der Waals surface area contributed by atoms with E-state index in [1.807, 2.05) is 0 Å². The molecule has 1 amide bonds. The molecule has 2 aliphatic rings. The number of hydrogen-bond donors (Lipinski definition) is 2. The molecule has 0 saturated carbocycles. The van der Waals surface area contributed by atoms with E-state index < -0.39 is 28.7 Å². The number of hydrogen-bond acceptors (Lipinski definition) is 6. The summed E-state index contributed by atoms with van der Waals surface area (Å²) in [5.41, 5.74) is 2.48. The summed E-state index contributed by atoms with van der Waals surface area (Å²) in [6.07, 6.45) is 0.597. The first kappa shape index (κ1) is 20.7. The highest BCUT2D eigenvalue weighted by atomic mass is 32.2. The van der Waals surface area contributed by atoms with Gasteiger partial charge in [-0.2, -0.15) is 0 Å².